The first-order valence-corrected chi connectivity index (χ1v) is 19.7. The number of rotatable bonds is 20. The molecule has 1 aromatic heterocycles. The summed E-state index contributed by atoms with van der Waals surface area (Å²) in [6, 6.07) is 15.8. The van der Waals surface area contributed by atoms with Gasteiger partial charge in [0.1, 0.15) is 11.5 Å². The molecule has 0 aliphatic carbocycles. The van der Waals surface area contributed by atoms with Crippen molar-refractivity contribution < 1.29 is 33.8 Å². The summed E-state index contributed by atoms with van der Waals surface area (Å²) < 4.78 is 12.6. The predicted molar refractivity (Wildman–Crippen MR) is 221 cm³/mol. The third-order valence-electron chi connectivity index (χ3n) is 10.1. The quantitative estimate of drug-likeness (QED) is 0.111. The number of amides is 3. The van der Waals surface area contributed by atoms with E-state index >= 15 is 0 Å². The fourth-order valence-electron chi connectivity index (χ4n) is 7.44. The smallest absolute Gasteiger partial charge is 0.274 e. The molecule has 2 heterocycles. The number of halogens is 1. The van der Waals surface area contributed by atoms with Crippen LogP contribution in [0, 0.1) is 0 Å². The Labute approximate surface area is 341 Å². The number of benzene rings is 2. The average molecular weight is 813 g/mol. The molecule has 4 rings (SSSR count). The van der Waals surface area contributed by atoms with Gasteiger partial charge in [0.25, 0.3) is 17.7 Å². The number of carbonyl (C=O) groups excluding carboxylic acids is 3. The van der Waals surface area contributed by atoms with Crippen LogP contribution in [0.5, 0.6) is 11.5 Å². The Morgan fingerprint density at radius 3 is 1.81 bits per heavy atom. The number of nitrogens with zero attached hydrogens (tertiary/aromatic N) is 7. The number of aromatic nitrogens is 2. The molecule has 1 aliphatic rings. The molecular weight excluding hydrogens is 752 g/mol. The van der Waals surface area contributed by atoms with E-state index in [0.29, 0.717) is 24.6 Å². The lowest BCUT2D eigenvalue weighted by atomic mass is 9.99. The summed E-state index contributed by atoms with van der Waals surface area (Å²) in [4.78, 5) is 46.8. The van der Waals surface area contributed by atoms with Gasteiger partial charge in [-0.3, -0.25) is 24.4 Å². The zero-order valence-corrected chi connectivity index (χ0v) is 35.0. The first kappa shape index (κ1) is 46.6. The molecule has 2 aromatic carbocycles. The highest BCUT2D eigenvalue weighted by molar-refractivity contribution is 6.31. The van der Waals surface area contributed by atoms with Gasteiger partial charge in [0.2, 0.25) is 0 Å². The van der Waals surface area contributed by atoms with Crippen molar-refractivity contribution in [2.75, 3.05) is 92.1 Å². The Hall–Kier alpha value is -4.74. The number of ether oxygens (including phenoxy) is 2. The van der Waals surface area contributed by atoms with Crippen molar-refractivity contribution in [2.45, 2.75) is 58.4 Å². The molecule has 0 spiro atoms. The lowest BCUT2D eigenvalue weighted by molar-refractivity contribution is -0.933. The number of piperidine rings is 1. The molecule has 1 saturated heterocycles. The summed E-state index contributed by atoms with van der Waals surface area (Å²) >= 11 is 6.09. The first-order valence-electron chi connectivity index (χ1n) is 19.4. The van der Waals surface area contributed by atoms with E-state index in [4.69, 9.17) is 32.5 Å². The Kier molecular flexibility index (Phi) is 18.2. The monoisotopic (exact) mass is 812 g/mol. The van der Waals surface area contributed by atoms with Crippen molar-refractivity contribution in [1.82, 2.24) is 35.3 Å². The first-order chi connectivity index (χ1) is 26.7. The minimum atomic E-state index is -0.423. The van der Waals surface area contributed by atoms with Gasteiger partial charge in [0.05, 0.1) is 32.2 Å². The maximum Gasteiger partial charge on any atom is 0.274 e. The summed E-state index contributed by atoms with van der Waals surface area (Å²) in [5, 5.41) is 9.88. The van der Waals surface area contributed by atoms with Crippen molar-refractivity contribution in [3.8, 4) is 11.5 Å². The molecule has 3 amide bonds. The van der Waals surface area contributed by atoms with Crippen LogP contribution in [0.2, 0.25) is 5.15 Å². The van der Waals surface area contributed by atoms with Gasteiger partial charge in [-0.2, -0.15) is 0 Å². The van der Waals surface area contributed by atoms with Crippen molar-refractivity contribution in [3.05, 3.63) is 70.5 Å². The van der Waals surface area contributed by atoms with Crippen LogP contribution in [0.4, 0.5) is 11.6 Å². The van der Waals surface area contributed by atoms with Crippen LogP contribution in [-0.4, -0.2) is 144 Å². The zero-order valence-electron chi connectivity index (χ0n) is 34.2. The SMILES string of the molecule is CCN(C(=O)COc1cccc(CCC[N+]2(CCCc3cccc(OCC(=O)N(CC)N(C)C)c3)CCCC(NC(=O)c3nc(Cl)c(N)nc3N)C2)c1)N(C)C.[OH-]. The second kappa shape index (κ2) is 22.3. The fourth-order valence-corrected chi connectivity index (χ4v) is 7.57. The highest BCUT2D eigenvalue weighted by atomic mass is 35.5. The fraction of sp³-hybridized carbons (Fsp3) is 0.525. The van der Waals surface area contributed by atoms with Gasteiger partial charge >= 0.3 is 0 Å². The van der Waals surface area contributed by atoms with Crippen molar-refractivity contribution in [3.63, 3.8) is 0 Å². The zero-order chi connectivity index (χ0) is 40.8. The largest absolute Gasteiger partial charge is 0.870 e. The number of likely N-dealkylation sites (tertiary alicyclic amines) is 1. The molecule has 1 atom stereocenters. The Balaban J connectivity index is 0.00000870. The van der Waals surface area contributed by atoms with Crippen LogP contribution in [0.25, 0.3) is 0 Å². The normalized spacial score (nSPS) is 14.8. The maximum absolute atomic E-state index is 13.4. The van der Waals surface area contributed by atoms with Gasteiger partial charge in [-0.15, -0.1) is 0 Å². The van der Waals surface area contributed by atoms with E-state index < -0.39 is 5.91 Å². The Bertz CT molecular complexity index is 1700. The van der Waals surface area contributed by atoms with Gasteiger partial charge in [-0.25, -0.2) is 20.0 Å². The third kappa shape index (κ3) is 13.7. The third-order valence-corrected chi connectivity index (χ3v) is 10.4. The summed E-state index contributed by atoms with van der Waals surface area (Å²) in [6.07, 6.45) is 5.25. The van der Waals surface area contributed by atoms with Crippen LogP contribution in [0.15, 0.2) is 48.5 Å². The number of nitrogens with two attached hydrogens (primary N) is 2. The summed E-state index contributed by atoms with van der Waals surface area (Å²) in [6.45, 7) is 8.46. The lowest BCUT2D eigenvalue weighted by Gasteiger charge is -2.45. The molecule has 57 heavy (non-hydrogen) atoms. The molecular formula is C40H61ClN10O6. The minimum absolute atomic E-state index is 0. The number of aryl methyl sites for hydroxylation is 2. The molecule has 16 nitrogen and oxygen atoms in total. The van der Waals surface area contributed by atoms with Crippen molar-refractivity contribution in [2.24, 2.45) is 0 Å². The van der Waals surface area contributed by atoms with E-state index in [1.807, 2.05) is 78.4 Å². The maximum atomic E-state index is 13.4. The number of hydrazine groups is 2. The van der Waals surface area contributed by atoms with Crippen LogP contribution in [-0.2, 0) is 22.4 Å². The van der Waals surface area contributed by atoms with E-state index in [0.717, 1.165) is 80.3 Å². The van der Waals surface area contributed by atoms with E-state index in [1.54, 1.807) is 20.0 Å². The van der Waals surface area contributed by atoms with Crippen LogP contribution < -0.4 is 26.3 Å². The number of hydrogen-bond donors (Lipinski definition) is 3. The Morgan fingerprint density at radius 2 is 1.33 bits per heavy atom. The van der Waals surface area contributed by atoms with Gasteiger partial charge in [0, 0.05) is 54.1 Å². The van der Waals surface area contributed by atoms with Gasteiger partial charge in [-0.1, -0.05) is 35.9 Å². The number of nitrogens with one attached hydrogen (secondary N) is 1. The van der Waals surface area contributed by atoms with Gasteiger partial charge in [-0.05, 0) is 74.9 Å². The number of quaternary nitrogens is 1. The second-order valence-corrected chi connectivity index (χ2v) is 15.0. The molecule has 17 heteroatoms. The average Bonchev–Trinajstić information content (AvgIpc) is 3.15. The topological polar surface area (TPSA) is 202 Å². The van der Waals surface area contributed by atoms with Crippen molar-refractivity contribution in [1.29, 1.82) is 0 Å². The van der Waals surface area contributed by atoms with Crippen molar-refractivity contribution >= 4 is 41.0 Å². The van der Waals surface area contributed by atoms with E-state index in [-0.39, 0.29) is 59.0 Å². The highest BCUT2D eigenvalue weighted by Gasteiger charge is 2.36. The molecule has 0 radical (unpaired) electrons. The molecule has 314 valence electrons. The lowest BCUT2D eigenvalue weighted by Crippen LogP contribution is -2.60. The van der Waals surface area contributed by atoms with E-state index in [9.17, 15) is 14.4 Å². The summed E-state index contributed by atoms with van der Waals surface area (Å²) in [7, 11) is 7.34. The molecule has 6 N–H and O–H groups in total. The van der Waals surface area contributed by atoms with Crippen LogP contribution in [0.3, 0.4) is 0 Å². The van der Waals surface area contributed by atoms with Crippen LogP contribution >= 0.6 is 11.6 Å². The summed E-state index contributed by atoms with van der Waals surface area (Å²) in [5.41, 5.74) is 14.0. The molecule has 1 fully saturated rings. The molecule has 3 aromatic rings. The van der Waals surface area contributed by atoms with Crippen LogP contribution in [0.1, 0.15) is 61.1 Å². The number of nitrogen functional groups attached to an aromatic ring is 2. The standard InChI is InChI=1S/C40H59ClN10O5.H2O/c1-7-49(47(3)4)34(52)27-55-32-19-9-14-29(24-32)16-11-21-51(23-13-18-31(26-51)44-40(54)36-38(42)46-39(43)37(41)45-36)22-12-17-30-15-10-20-33(25-30)56-28-35(53)50(8-2)48(5)6;/h9-10,14-15,19-20,24-25,31H,7-8,11-13,16-18,21-23,26-28H2,1-6H3,(H4-,42,43,44,46,54);1H2. The Morgan fingerprint density at radius 1 is 0.825 bits per heavy atom. The number of hydrogen-bond acceptors (Lipinski definition) is 12. The minimum Gasteiger partial charge on any atom is -0.870 e. The van der Waals surface area contributed by atoms with E-state index in [2.05, 4.69) is 27.4 Å². The van der Waals surface area contributed by atoms with Gasteiger partial charge < -0.3 is 36.2 Å². The molecule has 0 saturated carbocycles. The molecule has 1 unspecified atom stereocenters. The van der Waals surface area contributed by atoms with Gasteiger partial charge in [0.15, 0.2) is 35.7 Å². The molecule has 0 bridgehead atoms. The predicted octanol–water partition coefficient (Wildman–Crippen LogP) is 3.50. The number of likely N-dealkylation sites (N-methyl/N-ethyl adjacent to an activating group) is 2. The number of carbonyl (C=O) groups is 3. The van der Waals surface area contributed by atoms with E-state index in [1.165, 1.54) is 0 Å². The summed E-state index contributed by atoms with van der Waals surface area (Å²) in [5.74, 6) is 0.611. The second-order valence-electron chi connectivity index (χ2n) is 14.6. The molecule has 1 aliphatic heterocycles. The number of anilines is 2. The highest BCUT2D eigenvalue weighted by Crippen LogP contribution is 2.25.